The van der Waals surface area contributed by atoms with Gasteiger partial charge in [-0.1, -0.05) is 30.3 Å². The van der Waals surface area contributed by atoms with E-state index >= 15 is 0 Å². The molecule has 3 N–H and O–H groups in total. The van der Waals surface area contributed by atoms with Crippen LogP contribution in [0.5, 0.6) is 0 Å². The van der Waals surface area contributed by atoms with Crippen LogP contribution in [0.1, 0.15) is 5.69 Å². The molecule has 6 heteroatoms. The lowest BCUT2D eigenvalue weighted by atomic mass is 10.1. The molecule has 0 bridgehead atoms. The fourth-order valence-electron chi connectivity index (χ4n) is 1.61. The minimum Gasteiger partial charge on any atom is -0.390 e. The molecule has 0 unspecified atom stereocenters. The summed E-state index contributed by atoms with van der Waals surface area (Å²) in [6.45, 7) is -0.259. The molecule has 18 heavy (non-hydrogen) atoms. The number of aromatic nitrogens is 1. The molecule has 0 aliphatic rings. The van der Waals surface area contributed by atoms with Crippen molar-refractivity contribution in [3.8, 4) is 11.3 Å². The van der Waals surface area contributed by atoms with Crippen molar-refractivity contribution in [2.75, 3.05) is 0 Å². The highest BCUT2D eigenvalue weighted by atomic mass is 32.2. The number of sulfonamides is 1. The van der Waals surface area contributed by atoms with E-state index in [4.69, 9.17) is 10.2 Å². The molecule has 0 aliphatic carbocycles. The van der Waals surface area contributed by atoms with Gasteiger partial charge in [0.2, 0.25) is 10.0 Å². The monoisotopic (exact) mass is 264 g/mol. The third-order valence-corrected chi connectivity index (χ3v) is 3.37. The zero-order valence-corrected chi connectivity index (χ0v) is 10.3. The average Bonchev–Trinajstić information content (AvgIpc) is 2.38. The molecule has 0 saturated heterocycles. The number of primary sulfonamides is 1. The van der Waals surface area contributed by atoms with E-state index in [1.54, 1.807) is 24.3 Å². The third kappa shape index (κ3) is 2.56. The summed E-state index contributed by atoms with van der Waals surface area (Å²) < 4.78 is 23.0. The standard InChI is InChI=1S/C12H12N2O3S/c13-18(16,17)11-7-6-10(8-15)14-12(11)9-4-2-1-3-5-9/h1-7,15H,8H2,(H2,13,16,17). The number of aliphatic hydroxyl groups is 1. The fraction of sp³-hybridized carbons (Fsp3) is 0.0833. The van der Waals surface area contributed by atoms with Crippen molar-refractivity contribution in [2.45, 2.75) is 11.5 Å². The van der Waals surface area contributed by atoms with Crippen LogP contribution in [-0.2, 0) is 16.6 Å². The van der Waals surface area contributed by atoms with Gasteiger partial charge in [-0.25, -0.2) is 18.5 Å². The predicted molar refractivity (Wildman–Crippen MR) is 67.0 cm³/mol. The zero-order chi connectivity index (χ0) is 13.2. The molecule has 0 aliphatic heterocycles. The Kier molecular flexibility index (Phi) is 3.42. The summed E-state index contributed by atoms with van der Waals surface area (Å²) in [5.74, 6) is 0. The summed E-state index contributed by atoms with van der Waals surface area (Å²) in [4.78, 5) is 4.07. The number of aliphatic hydroxyl groups excluding tert-OH is 1. The summed E-state index contributed by atoms with van der Waals surface area (Å²) in [5, 5.41) is 14.2. The van der Waals surface area contributed by atoms with Crippen LogP contribution >= 0.6 is 0 Å². The van der Waals surface area contributed by atoms with Crippen molar-refractivity contribution >= 4 is 10.0 Å². The highest BCUT2D eigenvalue weighted by Crippen LogP contribution is 2.24. The first kappa shape index (κ1) is 12.7. The van der Waals surface area contributed by atoms with Crippen LogP contribution in [-0.4, -0.2) is 18.5 Å². The van der Waals surface area contributed by atoms with E-state index in [1.165, 1.54) is 12.1 Å². The topological polar surface area (TPSA) is 93.3 Å². The second-order valence-electron chi connectivity index (χ2n) is 3.72. The van der Waals surface area contributed by atoms with Crippen LogP contribution in [0.3, 0.4) is 0 Å². The summed E-state index contributed by atoms with van der Waals surface area (Å²) in [6.07, 6.45) is 0. The maximum atomic E-state index is 11.5. The molecule has 1 heterocycles. The molecular formula is C12H12N2O3S. The van der Waals surface area contributed by atoms with E-state index in [1.807, 2.05) is 6.07 Å². The Balaban J connectivity index is 2.70. The molecule has 1 aromatic carbocycles. The number of nitrogens with two attached hydrogens (primary N) is 1. The molecule has 0 amide bonds. The Morgan fingerprint density at radius 2 is 1.78 bits per heavy atom. The van der Waals surface area contributed by atoms with Crippen LogP contribution in [0.4, 0.5) is 0 Å². The van der Waals surface area contributed by atoms with Gasteiger partial charge >= 0.3 is 0 Å². The van der Waals surface area contributed by atoms with Gasteiger partial charge in [-0.05, 0) is 12.1 Å². The smallest absolute Gasteiger partial charge is 0.240 e. The highest BCUT2D eigenvalue weighted by Gasteiger charge is 2.17. The van der Waals surface area contributed by atoms with E-state index in [0.29, 0.717) is 11.3 Å². The quantitative estimate of drug-likeness (QED) is 0.860. The van der Waals surface area contributed by atoms with Crippen molar-refractivity contribution in [1.29, 1.82) is 0 Å². The highest BCUT2D eigenvalue weighted by molar-refractivity contribution is 7.89. The molecule has 0 atom stereocenters. The van der Waals surface area contributed by atoms with Crippen LogP contribution in [0, 0.1) is 0 Å². The van der Waals surface area contributed by atoms with Crippen molar-refractivity contribution in [1.82, 2.24) is 4.98 Å². The van der Waals surface area contributed by atoms with E-state index < -0.39 is 10.0 Å². The lowest BCUT2D eigenvalue weighted by Gasteiger charge is -2.08. The first-order chi connectivity index (χ1) is 8.52. The second-order valence-corrected chi connectivity index (χ2v) is 5.25. The molecule has 0 spiro atoms. The molecule has 5 nitrogen and oxygen atoms in total. The summed E-state index contributed by atoms with van der Waals surface area (Å²) in [5.41, 5.74) is 1.28. The normalized spacial score (nSPS) is 11.4. The third-order valence-electron chi connectivity index (χ3n) is 2.43. The molecule has 0 fully saturated rings. The Bertz CT molecular complexity index is 654. The van der Waals surface area contributed by atoms with Gasteiger partial charge in [0, 0.05) is 5.56 Å². The second kappa shape index (κ2) is 4.85. The molecular weight excluding hydrogens is 252 g/mol. The van der Waals surface area contributed by atoms with E-state index in [2.05, 4.69) is 4.98 Å². The van der Waals surface area contributed by atoms with E-state index in [-0.39, 0.29) is 17.2 Å². The lowest BCUT2D eigenvalue weighted by Crippen LogP contribution is -2.14. The largest absolute Gasteiger partial charge is 0.390 e. The maximum Gasteiger partial charge on any atom is 0.240 e. The summed E-state index contributed by atoms with van der Waals surface area (Å²) in [6, 6.07) is 11.6. The number of nitrogens with zero attached hydrogens (tertiary/aromatic N) is 1. The van der Waals surface area contributed by atoms with Crippen LogP contribution in [0.2, 0.25) is 0 Å². The van der Waals surface area contributed by atoms with Crippen molar-refractivity contribution in [3.05, 3.63) is 48.2 Å². The first-order valence-corrected chi connectivity index (χ1v) is 6.76. The van der Waals surface area contributed by atoms with Gasteiger partial charge in [0.25, 0.3) is 0 Å². The molecule has 0 saturated carbocycles. The van der Waals surface area contributed by atoms with Crippen molar-refractivity contribution in [2.24, 2.45) is 5.14 Å². The van der Waals surface area contributed by atoms with Gasteiger partial charge in [0.1, 0.15) is 4.90 Å². The number of hydrogen-bond acceptors (Lipinski definition) is 4. The van der Waals surface area contributed by atoms with Gasteiger partial charge in [0.05, 0.1) is 18.0 Å². The van der Waals surface area contributed by atoms with Gasteiger partial charge in [-0.3, -0.25) is 0 Å². The Morgan fingerprint density at radius 3 is 2.33 bits per heavy atom. The maximum absolute atomic E-state index is 11.5. The number of rotatable bonds is 3. The van der Waals surface area contributed by atoms with Gasteiger partial charge in [-0.2, -0.15) is 0 Å². The Morgan fingerprint density at radius 1 is 1.11 bits per heavy atom. The minimum absolute atomic E-state index is 0.0501. The van der Waals surface area contributed by atoms with Crippen molar-refractivity contribution < 1.29 is 13.5 Å². The van der Waals surface area contributed by atoms with Gasteiger partial charge < -0.3 is 5.11 Å². The Labute approximate surface area is 105 Å². The molecule has 0 radical (unpaired) electrons. The first-order valence-electron chi connectivity index (χ1n) is 5.21. The predicted octanol–water partition coefficient (Wildman–Crippen LogP) is 0.888. The molecule has 1 aromatic heterocycles. The van der Waals surface area contributed by atoms with E-state index in [9.17, 15) is 8.42 Å². The summed E-state index contributed by atoms with van der Waals surface area (Å²) in [7, 11) is -3.85. The summed E-state index contributed by atoms with van der Waals surface area (Å²) >= 11 is 0. The fourth-order valence-corrected chi connectivity index (χ4v) is 2.30. The zero-order valence-electron chi connectivity index (χ0n) is 9.45. The number of benzene rings is 1. The van der Waals surface area contributed by atoms with Crippen molar-refractivity contribution in [3.63, 3.8) is 0 Å². The van der Waals surface area contributed by atoms with Gasteiger partial charge in [0.15, 0.2) is 0 Å². The SMILES string of the molecule is NS(=O)(=O)c1ccc(CO)nc1-c1ccccc1. The number of pyridine rings is 1. The van der Waals surface area contributed by atoms with Crippen LogP contribution < -0.4 is 5.14 Å². The average molecular weight is 264 g/mol. The lowest BCUT2D eigenvalue weighted by molar-refractivity contribution is 0.277. The molecule has 94 valence electrons. The van der Waals surface area contributed by atoms with Crippen LogP contribution in [0.15, 0.2) is 47.4 Å². The van der Waals surface area contributed by atoms with Gasteiger partial charge in [-0.15, -0.1) is 0 Å². The van der Waals surface area contributed by atoms with Crippen LogP contribution in [0.25, 0.3) is 11.3 Å². The minimum atomic E-state index is -3.85. The Hall–Kier alpha value is -1.76. The number of hydrogen-bond donors (Lipinski definition) is 2. The van der Waals surface area contributed by atoms with E-state index in [0.717, 1.165) is 0 Å². The molecule has 2 rings (SSSR count). The molecule has 2 aromatic rings.